The van der Waals surface area contributed by atoms with E-state index in [0.717, 1.165) is 4.88 Å². The lowest BCUT2D eigenvalue weighted by Crippen LogP contribution is -2.53. The molecule has 1 aromatic heterocycles. The highest BCUT2D eigenvalue weighted by molar-refractivity contribution is 7.09. The van der Waals surface area contributed by atoms with Crippen molar-refractivity contribution in [3.63, 3.8) is 0 Å². The molecule has 1 aromatic rings. The average molecular weight is 407 g/mol. The molecule has 2 rings (SSSR count). The Hall–Kier alpha value is -2.61. The lowest BCUT2D eigenvalue weighted by molar-refractivity contribution is -0.153. The lowest BCUT2D eigenvalue weighted by Gasteiger charge is -2.31. The van der Waals surface area contributed by atoms with Crippen LogP contribution in [0.2, 0.25) is 0 Å². The topological polar surface area (TPSA) is 95.9 Å². The zero-order valence-corrected chi connectivity index (χ0v) is 17.1. The second-order valence-electron chi connectivity index (χ2n) is 6.74. The zero-order chi connectivity index (χ0) is 20.7. The largest absolute Gasteiger partial charge is 0.508 e. The lowest BCUT2D eigenvalue weighted by atomic mass is 9.92. The predicted molar refractivity (Wildman–Crippen MR) is 107 cm³/mol. The van der Waals surface area contributed by atoms with Gasteiger partial charge in [-0.2, -0.15) is 0 Å². The van der Waals surface area contributed by atoms with Gasteiger partial charge in [0.25, 0.3) is 0 Å². The highest BCUT2D eigenvalue weighted by Crippen LogP contribution is 2.23. The van der Waals surface area contributed by atoms with Gasteiger partial charge in [0.1, 0.15) is 17.8 Å². The van der Waals surface area contributed by atoms with Crippen molar-refractivity contribution in [1.29, 1.82) is 0 Å². The minimum Gasteiger partial charge on any atom is -0.508 e. The van der Waals surface area contributed by atoms with E-state index in [4.69, 9.17) is 4.74 Å². The minimum atomic E-state index is -0.791. The summed E-state index contributed by atoms with van der Waals surface area (Å²) in [6, 6.07) is 2.23. The number of ether oxygens (including phenoxy) is 1. The van der Waals surface area contributed by atoms with Crippen LogP contribution in [0.15, 0.2) is 41.5 Å². The maximum Gasteiger partial charge on any atom is 0.328 e. The molecule has 28 heavy (non-hydrogen) atoms. The first kappa shape index (κ1) is 21.7. The second kappa shape index (κ2) is 10.1. The number of methoxy groups -OCH3 is 1. The Morgan fingerprint density at radius 2 is 2.18 bits per heavy atom. The fraction of sp³-hybridized carbons (Fsp3) is 0.450. The van der Waals surface area contributed by atoms with Gasteiger partial charge in [0, 0.05) is 25.3 Å². The summed E-state index contributed by atoms with van der Waals surface area (Å²) in [6.45, 7) is 1.36. The summed E-state index contributed by atoms with van der Waals surface area (Å²) in [4.78, 5) is 39.4. The summed E-state index contributed by atoms with van der Waals surface area (Å²) >= 11 is 1.50. The molecular formula is C20H26N2O5S. The van der Waals surface area contributed by atoms with E-state index in [1.54, 1.807) is 19.2 Å². The number of nitrogens with zero attached hydrogens (tertiary/aromatic N) is 1. The Morgan fingerprint density at radius 3 is 2.71 bits per heavy atom. The number of aliphatic hydroxyl groups is 1. The Balaban J connectivity index is 2.15. The third kappa shape index (κ3) is 5.95. The van der Waals surface area contributed by atoms with Crippen LogP contribution in [0.25, 0.3) is 0 Å². The van der Waals surface area contributed by atoms with Gasteiger partial charge in [-0.05, 0) is 42.4 Å². The minimum absolute atomic E-state index is 0.00763. The zero-order valence-electron chi connectivity index (χ0n) is 16.3. The third-order valence-electron chi connectivity index (χ3n) is 4.64. The molecule has 0 saturated heterocycles. The van der Waals surface area contributed by atoms with Crippen LogP contribution in [0.5, 0.6) is 0 Å². The molecule has 0 spiro atoms. The number of allylic oxidation sites excluding steroid dienone is 3. The number of carbonyl (C=O) groups is 3. The van der Waals surface area contributed by atoms with E-state index in [1.165, 1.54) is 30.3 Å². The third-order valence-corrected chi connectivity index (χ3v) is 5.54. The van der Waals surface area contributed by atoms with Crippen LogP contribution in [0, 0.1) is 5.92 Å². The number of hydrogen-bond acceptors (Lipinski definition) is 6. The number of aliphatic hydroxyl groups excluding tert-OH is 1. The van der Waals surface area contributed by atoms with E-state index in [-0.39, 0.29) is 23.5 Å². The molecule has 0 bridgehead atoms. The number of amides is 2. The molecule has 8 heteroatoms. The number of esters is 1. The number of nitrogens with one attached hydrogen (secondary N) is 1. The monoisotopic (exact) mass is 406 g/mol. The molecular weight excluding hydrogens is 380 g/mol. The molecule has 3 atom stereocenters. The molecule has 0 aliphatic heterocycles. The van der Waals surface area contributed by atoms with Crippen molar-refractivity contribution >= 4 is 29.1 Å². The molecule has 0 radical (unpaired) electrons. The van der Waals surface area contributed by atoms with E-state index < -0.39 is 18.1 Å². The van der Waals surface area contributed by atoms with E-state index in [0.29, 0.717) is 19.3 Å². The SMILES string of the molecule is COC(=O)[C@H](CC1C=CC(O)=CC1)N(C)C(=O)[C@H](Cc1cccs1)NC(C)=O. The normalized spacial score (nSPS) is 18.0. The van der Waals surface area contributed by atoms with Crippen molar-refractivity contribution in [2.24, 2.45) is 5.92 Å². The summed E-state index contributed by atoms with van der Waals surface area (Å²) in [7, 11) is 2.83. The predicted octanol–water partition coefficient (Wildman–Crippen LogP) is 2.20. The standard InChI is InChI=1S/C20H26N2O5S/c1-13(23)21-17(12-16-5-4-10-28-16)19(25)22(2)18(20(26)27-3)11-14-6-8-15(24)9-7-14/h4-6,8-10,14,17-18,24H,7,11-12H2,1-3H3,(H,21,23)/t14?,17-,18-/m0/s1. The number of thiophene rings is 1. The van der Waals surface area contributed by atoms with Crippen molar-refractivity contribution in [2.75, 3.05) is 14.2 Å². The van der Waals surface area contributed by atoms with Crippen molar-refractivity contribution in [3.8, 4) is 0 Å². The number of rotatable bonds is 8. The maximum atomic E-state index is 13.1. The van der Waals surface area contributed by atoms with Crippen molar-refractivity contribution < 1.29 is 24.2 Å². The first-order valence-electron chi connectivity index (χ1n) is 9.03. The van der Waals surface area contributed by atoms with E-state index in [9.17, 15) is 19.5 Å². The van der Waals surface area contributed by atoms with E-state index >= 15 is 0 Å². The molecule has 0 fully saturated rings. The van der Waals surface area contributed by atoms with Crippen LogP contribution in [0.3, 0.4) is 0 Å². The van der Waals surface area contributed by atoms with Gasteiger partial charge >= 0.3 is 5.97 Å². The van der Waals surface area contributed by atoms with Crippen molar-refractivity contribution in [2.45, 2.75) is 38.3 Å². The fourth-order valence-corrected chi connectivity index (χ4v) is 3.89. The Morgan fingerprint density at radius 1 is 1.43 bits per heavy atom. The van der Waals surface area contributed by atoms with Gasteiger partial charge < -0.3 is 20.1 Å². The van der Waals surface area contributed by atoms with E-state index in [2.05, 4.69) is 5.32 Å². The van der Waals surface area contributed by atoms with Gasteiger partial charge in [0.05, 0.1) is 7.11 Å². The number of hydrogen-bond donors (Lipinski definition) is 2. The van der Waals surface area contributed by atoms with Crippen LogP contribution in [0.4, 0.5) is 0 Å². The molecule has 1 aliphatic carbocycles. The highest BCUT2D eigenvalue weighted by Gasteiger charge is 2.34. The number of carbonyl (C=O) groups excluding carboxylic acids is 3. The van der Waals surface area contributed by atoms with Gasteiger partial charge in [-0.15, -0.1) is 11.3 Å². The summed E-state index contributed by atoms with van der Waals surface area (Å²) in [5.74, 6) is -0.990. The van der Waals surface area contributed by atoms with Crippen LogP contribution in [-0.4, -0.2) is 54.0 Å². The molecule has 7 nitrogen and oxygen atoms in total. The second-order valence-corrected chi connectivity index (χ2v) is 7.78. The first-order valence-corrected chi connectivity index (χ1v) is 9.91. The Kier molecular flexibility index (Phi) is 7.80. The molecule has 0 saturated carbocycles. The van der Waals surface area contributed by atoms with Gasteiger partial charge in [-0.3, -0.25) is 9.59 Å². The summed E-state index contributed by atoms with van der Waals surface area (Å²) < 4.78 is 4.91. The quantitative estimate of drug-likeness (QED) is 0.646. The fourth-order valence-electron chi connectivity index (χ4n) is 3.14. The van der Waals surface area contributed by atoms with Gasteiger partial charge in [0.2, 0.25) is 11.8 Å². The van der Waals surface area contributed by atoms with Crippen LogP contribution >= 0.6 is 11.3 Å². The van der Waals surface area contributed by atoms with Gasteiger partial charge in [-0.25, -0.2) is 4.79 Å². The smallest absolute Gasteiger partial charge is 0.328 e. The molecule has 1 unspecified atom stereocenters. The molecule has 1 heterocycles. The van der Waals surface area contributed by atoms with Crippen molar-refractivity contribution in [1.82, 2.24) is 10.2 Å². The summed E-state index contributed by atoms with van der Waals surface area (Å²) in [6.07, 6.45) is 6.37. The van der Waals surface area contributed by atoms with Gasteiger partial charge in [0.15, 0.2) is 0 Å². The number of likely N-dealkylation sites (N-methyl/N-ethyl adjacent to an activating group) is 1. The van der Waals surface area contributed by atoms with Crippen LogP contribution in [-0.2, 0) is 25.5 Å². The molecule has 2 N–H and O–H groups in total. The molecule has 1 aliphatic rings. The Bertz CT molecular complexity index is 757. The molecule has 2 amide bonds. The highest BCUT2D eigenvalue weighted by atomic mass is 32.1. The average Bonchev–Trinajstić information content (AvgIpc) is 3.18. The Labute approximate surface area is 168 Å². The first-order chi connectivity index (χ1) is 13.3. The maximum absolute atomic E-state index is 13.1. The summed E-state index contributed by atoms with van der Waals surface area (Å²) in [5, 5.41) is 14.1. The summed E-state index contributed by atoms with van der Waals surface area (Å²) in [5.41, 5.74) is 0. The van der Waals surface area contributed by atoms with E-state index in [1.807, 2.05) is 23.6 Å². The van der Waals surface area contributed by atoms with Crippen LogP contribution < -0.4 is 5.32 Å². The van der Waals surface area contributed by atoms with Gasteiger partial charge in [-0.1, -0.05) is 12.1 Å². The van der Waals surface area contributed by atoms with Crippen molar-refractivity contribution in [3.05, 3.63) is 46.4 Å². The van der Waals surface area contributed by atoms with Crippen LogP contribution in [0.1, 0.15) is 24.6 Å². The molecule has 152 valence electrons. The molecule has 0 aromatic carbocycles.